The van der Waals surface area contributed by atoms with Crippen molar-refractivity contribution in [3.8, 4) is 11.3 Å². The van der Waals surface area contributed by atoms with Crippen LogP contribution in [-0.4, -0.2) is 75.6 Å². The highest BCUT2D eigenvalue weighted by Gasteiger charge is 2.36. The molecule has 43 heavy (non-hydrogen) atoms. The molecule has 1 aromatic heterocycles. The fraction of sp³-hybridized carbons (Fsp3) is 0.375. The average molecular weight is 584 g/mol. The van der Waals surface area contributed by atoms with Gasteiger partial charge in [0.25, 0.3) is 5.91 Å². The summed E-state index contributed by atoms with van der Waals surface area (Å²) in [4.78, 5) is 42.6. The number of aliphatic carboxylic acids is 1. The maximum atomic E-state index is 15.4. The van der Waals surface area contributed by atoms with Crippen molar-refractivity contribution in [2.24, 2.45) is 20.9 Å². The van der Waals surface area contributed by atoms with E-state index >= 15 is 4.39 Å². The van der Waals surface area contributed by atoms with Crippen molar-refractivity contribution in [3.05, 3.63) is 65.5 Å². The van der Waals surface area contributed by atoms with Gasteiger partial charge in [0.15, 0.2) is 5.82 Å². The summed E-state index contributed by atoms with van der Waals surface area (Å²) in [6.07, 6.45) is 5.24. The fourth-order valence-electron chi connectivity index (χ4n) is 6.09. The number of anilines is 1. The number of benzene rings is 2. The fourth-order valence-corrected chi connectivity index (χ4v) is 6.09. The van der Waals surface area contributed by atoms with E-state index in [9.17, 15) is 14.7 Å². The van der Waals surface area contributed by atoms with Crippen molar-refractivity contribution in [2.45, 2.75) is 51.7 Å². The lowest BCUT2D eigenvalue weighted by atomic mass is 9.93. The number of fused-ring (bicyclic) bond motifs is 2. The zero-order valence-corrected chi connectivity index (χ0v) is 24.2. The lowest BCUT2D eigenvalue weighted by Crippen LogP contribution is -2.47. The van der Waals surface area contributed by atoms with Crippen LogP contribution >= 0.6 is 0 Å². The average Bonchev–Trinajstić information content (AvgIpc) is 3.67. The molecular weight excluding hydrogens is 549 g/mol. The normalized spacial score (nSPS) is 21.7. The van der Waals surface area contributed by atoms with Crippen molar-refractivity contribution >= 4 is 41.6 Å². The minimum atomic E-state index is -0.832. The van der Waals surface area contributed by atoms with Gasteiger partial charge < -0.3 is 14.9 Å². The Labute approximate surface area is 249 Å². The third-order valence-corrected chi connectivity index (χ3v) is 8.46. The molecular formula is C32H34FN7O3. The van der Waals surface area contributed by atoms with Gasteiger partial charge in [-0.3, -0.25) is 14.6 Å². The van der Waals surface area contributed by atoms with Gasteiger partial charge in [-0.1, -0.05) is 31.2 Å². The number of carbonyl (C=O) groups is 2. The first-order valence-corrected chi connectivity index (χ1v) is 14.7. The number of carboxylic acids is 1. The van der Waals surface area contributed by atoms with E-state index < -0.39 is 23.7 Å². The molecule has 3 atom stereocenters. The van der Waals surface area contributed by atoms with Crippen LogP contribution in [0.2, 0.25) is 0 Å². The van der Waals surface area contributed by atoms with Crippen LogP contribution in [0, 0.1) is 11.7 Å². The Balaban J connectivity index is 1.29. The van der Waals surface area contributed by atoms with Crippen LogP contribution in [0.25, 0.3) is 11.3 Å². The van der Waals surface area contributed by atoms with E-state index in [0.717, 1.165) is 18.4 Å². The number of rotatable bonds is 7. The summed E-state index contributed by atoms with van der Waals surface area (Å²) in [5.74, 6) is -1.47. The predicted octanol–water partition coefficient (Wildman–Crippen LogP) is 4.71. The number of aromatic nitrogens is 2. The summed E-state index contributed by atoms with van der Waals surface area (Å²) in [7, 11) is 0. The van der Waals surface area contributed by atoms with Crippen LogP contribution in [0.5, 0.6) is 0 Å². The standard InChI is InChI=1S/C32H34FN7O3/c1-3-12-34-19-35-28-18-40-29(36-30(28)31(41)39-14-11-21-6-4-5-7-24(21)20(39)2)16-27(37-40)25-9-8-23(15-26(25)33)38-13-10-22(17-38)32(42)43/h4-9,12,15-16,19-20,22,28H,3,10-11,13-14,17-18H2,1-2H3,(H,42,43)/t20-,22+,28?/m1/s1. The maximum Gasteiger partial charge on any atom is 0.308 e. The molecule has 4 heterocycles. The van der Waals surface area contributed by atoms with Gasteiger partial charge in [-0.25, -0.2) is 19.1 Å². The van der Waals surface area contributed by atoms with Crippen LogP contribution < -0.4 is 4.90 Å². The SMILES string of the molecule is CCC=NC=NC1Cn2nc(-c3ccc(N4CC[C@H](C(=O)O)C4)cc3F)cc2N=C1C(=O)N1CCc2ccccc2[C@H]1C. The second kappa shape index (κ2) is 11.9. The van der Waals surface area contributed by atoms with Crippen molar-refractivity contribution in [1.29, 1.82) is 0 Å². The van der Waals surface area contributed by atoms with E-state index in [-0.39, 0.29) is 18.5 Å². The molecule has 222 valence electrons. The number of hydrogen-bond acceptors (Lipinski definition) is 6. The van der Waals surface area contributed by atoms with E-state index in [2.05, 4.69) is 27.2 Å². The molecule has 3 aliphatic rings. The molecule has 3 aromatic rings. The molecule has 0 aliphatic carbocycles. The van der Waals surface area contributed by atoms with Gasteiger partial charge in [0, 0.05) is 43.2 Å². The molecule has 0 radical (unpaired) electrons. The van der Waals surface area contributed by atoms with Crippen LogP contribution in [0.1, 0.15) is 43.9 Å². The van der Waals surface area contributed by atoms with Gasteiger partial charge in [-0.05, 0) is 55.5 Å². The first-order valence-electron chi connectivity index (χ1n) is 14.7. The van der Waals surface area contributed by atoms with E-state index in [4.69, 9.17) is 4.99 Å². The molecule has 11 heteroatoms. The Hall–Kier alpha value is -4.67. The molecule has 0 bridgehead atoms. The number of amides is 1. The van der Waals surface area contributed by atoms with Crippen molar-refractivity contribution in [3.63, 3.8) is 0 Å². The van der Waals surface area contributed by atoms with Gasteiger partial charge in [0.2, 0.25) is 0 Å². The Bertz CT molecular complexity index is 1650. The second-order valence-corrected chi connectivity index (χ2v) is 11.1. The molecule has 3 aliphatic heterocycles. The van der Waals surface area contributed by atoms with E-state index in [1.807, 2.05) is 35.8 Å². The lowest BCUT2D eigenvalue weighted by Gasteiger charge is -2.36. The van der Waals surface area contributed by atoms with Gasteiger partial charge in [0.05, 0.1) is 24.2 Å². The molecule has 1 unspecified atom stereocenters. The Morgan fingerprint density at radius 3 is 2.74 bits per heavy atom. The summed E-state index contributed by atoms with van der Waals surface area (Å²) in [5, 5.41) is 13.9. The van der Waals surface area contributed by atoms with Crippen molar-refractivity contribution in [1.82, 2.24) is 14.7 Å². The Kier molecular flexibility index (Phi) is 7.88. The Morgan fingerprint density at radius 2 is 1.98 bits per heavy atom. The quantitative estimate of drug-likeness (QED) is 0.320. The number of nitrogens with zero attached hydrogens (tertiary/aromatic N) is 7. The Morgan fingerprint density at radius 1 is 1.14 bits per heavy atom. The molecule has 2 aromatic carbocycles. The summed E-state index contributed by atoms with van der Waals surface area (Å²) in [5.41, 5.74) is 4.02. The van der Waals surface area contributed by atoms with Gasteiger partial charge in [-0.15, -0.1) is 0 Å². The van der Waals surface area contributed by atoms with Crippen LogP contribution in [0.15, 0.2) is 63.5 Å². The number of carboxylic acid groups (broad SMARTS) is 1. The van der Waals surface area contributed by atoms with Crippen LogP contribution in [-0.2, 0) is 22.6 Å². The molecule has 1 N–H and O–H groups in total. The van der Waals surface area contributed by atoms with Gasteiger partial charge in [0.1, 0.15) is 23.9 Å². The predicted molar refractivity (Wildman–Crippen MR) is 164 cm³/mol. The monoisotopic (exact) mass is 583 g/mol. The van der Waals surface area contributed by atoms with Gasteiger partial charge >= 0.3 is 5.97 Å². The molecule has 0 saturated carbocycles. The zero-order chi connectivity index (χ0) is 30.1. The topological polar surface area (TPSA) is 116 Å². The van der Waals surface area contributed by atoms with Crippen molar-refractivity contribution in [2.75, 3.05) is 24.5 Å². The second-order valence-electron chi connectivity index (χ2n) is 11.1. The van der Waals surface area contributed by atoms with Crippen LogP contribution in [0.3, 0.4) is 0 Å². The highest BCUT2D eigenvalue weighted by molar-refractivity contribution is 6.41. The first kappa shape index (κ1) is 28.4. The zero-order valence-electron chi connectivity index (χ0n) is 24.2. The van der Waals surface area contributed by atoms with E-state index in [1.165, 1.54) is 18.0 Å². The largest absolute Gasteiger partial charge is 0.481 e. The smallest absolute Gasteiger partial charge is 0.308 e. The molecule has 10 nitrogen and oxygen atoms in total. The van der Waals surface area contributed by atoms with Crippen molar-refractivity contribution < 1.29 is 19.1 Å². The minimum absolute atomic E-state index is 0.112. The summed E-state index contributed by atoms with van der Waals surface area (Å²) >= 11 is 0. The third kappa shape index (κ3) is 5.59. The summed E-state index contributed by atoms with van der Waals surface area (Å²) in [6, 6.07) is 14.0. The van der Waals surface area contributed by atoms with E-state index in [1.54, 1.807) is 29.1 Å². The minimum Gasteiger partial charge on any atom is -0.481 e. The maximum absolute atomic E-state index is 15.4. The number of carbonyl (C=O) groups excluding carboxylic acids is 1. The van der Waals surface area contributed by atoms with Crippen LogP contribution in [0.4, 0.5) is 15.9 Å². The molecule has 6 rings (SSSR count). The van der Waals surface area contributed by atoms with Gasteiger partial charge in [-0.2, -0.15) is 5.10 Å². The first-order chi connectivity index (χ1) is 20.8. The molecule has 1 saturated heterocycles. The molecule has 1 fully saturated rings. The highest BCUT2D eigenvalue weighted by Crippen LogP contribution is 2.34. The summed E-state index contributed by atoms with van der Waals surface area (Å²) < 4.78 is 17.1. The summed E-state index contributed by atoms with van der Waals surface area (Å²) in [6.45, 7) is 5.76. The molecule has 1 amide bonds. The van der Waals surface area contributed by atoms with E-state index in [0.29, 0.717) is 54.5 Å². The number of aliphatic imine (C=N–C) groups is 3. The number of hydrogen-bond donors (Lipinski definition) is 1. The molecule has 0 spiro atoms. The highest BCUT2D eigenvalue weighted by atomic mass is 19.1. The lowest BCUT2D eigenvalue weighted by molar-refractivity contribution is -0.141. The number of halogens is 1. The third-order valence-electron chi connectivity index (χ3n) is 8.46.